The second-order valence-electron chi connectivity index (χ2n) is 8.00. The highest BCUT2D eigenvalue weighted by molar-refractivity contribution is 5.82. The van der Waals surface area contributed by atoms with Crippen molar-refractivity contribution in [3.05, 3.63) is 0 Å². The number of hydrogen-bond donors (Lipinski definition) is 2. The molecule has 1 amide bonds. The van der Waals surface area contributed by atoms with Crippen molar-refractivity contribution in [2.45, 2.75) is 51.4 Å². The van der Waals surface area contributed by atoms with E-state index in [4.69, 9.17) is 5.73 Å². The molecule has 3 nitrogen and oxygen atoms in total. The van der Waals surface area contributed by atoms with Gasteiger partial charge in [0, 0.05) is 12.5 Å². The maximum absolute atomic E-state index is 12.5. The van der Waals surface area contributed by atoms with Crippen LogP contribution >= 0.6 is 0 Å². The Morgan fingerprint density at radius 2 is 1.75 bits per heavy atom. The van der Waals surface area contributed by atoms with Crippen LogP contribution in [-0.2, 0) is 4.79 Å². The first-order chi connectivity index (χ1) is 9.74. The van der Waals surface area contributed by atoms with Crippen LogP contribution in [0.3, 0.4) is 0 Å². The van der Waals surface area contributed by atoms with Gasteiger partial charge >= 0.3 is 0 Å². The molecule has 0 heterocycles. The Morgan fingerprint density at radius 1 is 1.10 bits per heavy atom. The SMILES string of the molecule is NCC1(CNC(=O)C2C3C4CCC(C4)C23)CCCCC1. The summed E-state index contributed by atoms with van der Waals surface area (Å²) in [5.74, 6) is 4.02. The second-order valence-corrected chi connectivity index (χ2v) is 8.00. The third-order valence-electron chi connectivity index (χ3n) is 7.02. The zero-order valence-electron chi connectivity index (χ0n) is 12.4. The van der Waals surface area contributed by atoms with E-state index >= 15 is 0 Å². The van der Waals surface area contributed by atoms with Crippen LogP contribution < -0.4 is 11.1 Å². The van der Waals surface area contributed by atoms with E-state index in [1.165, 1.54) is 51.4 Å². The summed E-state index contributed by atoms with van der Waals surface area (Å²) in [6, 6.07) is 0. The topological polar surface area (TPSA) is 55.1 Å². The largest absolute Gasteiger partial charge is 0.355 e. The molecule has 4 unspecified atom stereocenters. The minimum absolute atomic E-state index is 0.205. The average molecular weight is 276 g/mol. The zero-order chi connectivity index (χ0) is 13.7. The van der Waals surface area contributed by atoms with Crippen molar-refractivity contribution >= 4 is 5.91 Å². The molecule has 0 radical (unpaired) electrons. The lowest BCUT2D eigenvalue weighted by atomic mass is 9.74. The molecule has 0 saturated heterocycles. The van der Waals surface area contributed by atoms with E-state index in [-0.39, 0.29) is 5.41 Å². The van der Waals surface area contributed by atoms with Crippen LogP contribution in [0.4, 0.5) is 0 Å². The van der Waals surface area contributed by atoms with Crippen LogP contribution in [0.5, 0.6) is 0 Å². The Labute approximate surface area is 122 Å². The molecule has 4 aliphatic carbocycles. The summed E-state index contributed by atoms with van der Waals surface area (Å²) in [7, 11) is 0. The Hall–Kier alpha value is -0.570. The number of fused-ring (bicyclic) bond motifs is 5. The van der Waals surface area contributed by atoms with Crippen LogP contribution in [0, 0.1) is 35.0 Å². The minimum Gasteiger partial charge on any atom is -0.355 e. The van der Waals surface area contributed by atoms with Crippen molar-refractivity contribution in [3.8, 4) is 0 Å². The van der Waals surface area contributed by atoms with Gasteiger partial charge in [-0.15, -0.1) is 0 Å². The lowest BCUT2D eigenvalue weighted by molar-refractivity contribution is -0.123. The maximum Gasteiger partial charge on any atom is 0.223 e. The Balaban J connectivity index is 1.33. The number of nitrogens with two attached hydrogens (primary N) is 1. The molecule has 2 bridgehead atoms. The number of nitrogens with one attached hydrogen (secondary N) is 1. The predicted octanol–water partition coefficient (Wildman–Crippen LogP) is 2.30. The fraction of sp³-hybridized carbons (Fsp3) is 0.941. The monoisotopic (exact) mass is 276 g/mol. The number of amides is 1. The number of carbonyl (C=O) groups excluding carboxylic acids is 1. The maximum atomic E-state index is 12.5. The summed E-state index contributed by atoms with van der Waals surface area (Å²) in [6.45, 7) is 1.56. The Morgan fingerprint density at radius 3 is 2.35 bits per heavy atom. The van der Waals surface area contributed by atoms with E-state index in [9.17, 15) is 4.79 Å². The smallest absolute Gasteiger partial charge is 0.223 e. The molecule has 0 aromatic rings. The number of hydrogen-bond acceptors (Lipinski definition) is 2. The molecular formula is C17H28N2O. The van der Waals surface area contributed by atoms with Gasteiger partial charge in [0.25, 0.3) is 0 Å². The van der Waals surface area contributed by atoms with E-state index in [0.717, 1.165) is 36.8 Å². The van der Waals surface area contributed by atoms with E-state index in [1.54, 1.807) is 0 Å². The molecule has 4 aliphatic rings. The minimum atomic E-state index is 0.205. The molecule has 4 saturated carbocycles. The first-order valence-corrected chi connectivity index (χ1v) is 8.72. The summed E-state index contributed by atoms with van der Waals surface area (Å²) in [4.78, 5) is 12.5. The molecule has 20 heavy (non-hydrogen) atoms. The first-order valence-electron chi connectivity index (χ1n) is 8.72. The predicted molar refractivity (Wildman–Crippen MR) is 78.9 cm³/mol. The van der Waals surface area contributed by atoms with Crippen LogP contribution in [-0.4, -0.2) is 19.0 Å². The molecule has 3 heteroatoms. The lowest BCUT2D eigenvalue weighted by Crippen LogP contribution is -2.44. The van der Waals surface area contributed by atoms with E-state index < -0.39 is 0 Å². The molecule has 3 N–H and O–H groups in total. The Bertz CT molecular complexity index is 386. The van der Waals surface area contributed by atoms with Gasteiger partial charge in [0.2, 0.25) is 5.91 Å². The van der Waals surface area contributed by atoms with Gasteiger partial charge in [0.1, 0.15) is 0 Å². The van der Waals surface area contributed by atoms with Gasteiger partial charge in [0.15, 0.2) is 0 Å². The molecule has 0 spiro atoms. The summed E-state index contributed by atoms with van der Waals surface area (Å²) >= 11 is 0. The molecular weight excluding hydrogens is 248 g/mol. The van der Waals surface area contributed by atoms with Crippen LogP contribution in [0.2, 0.25) is 0 Å². The van der Waals surface area contributed by atoms with Gasteiger partial charge in [-0.1, -0.05) is 19.3 Å². The number of rotatable bonds is 4. The summed E-state index contributed by atoms with van der Waals surface area (Å²) in [5.41, 5.74) is 6.22. The van der Waals surface area contributed by atoms with Crippen molar-refractivity contribution in [2.24, 2.45) is 40.7 Å². The van der Waals surface area contributed by atoms with Gasteiger partial charge in [0.05, 0.1) is 0 Å². The van der Waals surface area contributed by atoms with E-state index in [1.807, 2.05) is 0 Å². The van der Waals surface area contributed by atoms with Gasteiger partial charge in [-0.2, -0.15) is 0 Å². The molecule has 4 fully saturated rings. The highest BCUT2D eigenvalue weighted by Gasteiger charge is 2.67. The quantitative estimate of drug-likeness (QED) is 0.828. The van der Waals surface area contributed by atoms with Gasteiger partial charge in [-0.3, -0.25) is 4.79 Å². The molecule has 4 rings (SSSR count). The van der Waals surface area contributed by atoms with Gasteiger partial charge in [-0.05, 0) is 67.7 Å². The zero-order valence-corrected chi connectivity index (χ0v) is 12.4. The highest BCUT2D eigenvalue weighted by Crippen LogP contribution is 2.69. The van der Waals surface area contributed by atoms with Crippen molar-refractivity contribution < 1.29 is 4.79 Å². The van der Waals surface area contributed by atoms with Gasteiger partial charge < -0.3 is 11.1 Å². The summed E-state index contributed by atoms with van der Waals surface area (Å²) in [5, 5.41) is 3.28. The van der Waals surface area contributed by atoms with E-state index in [0.29, 0.717) is 11.8 Å². The number of carbonyl (C=O) groups is 1. The van der Waals surface area contributed by atoms with Crippen LogP contribution in [0.25, 0.3) is 0 Å². The molecule has 0 aliphatic heterocycles. The van der Waals surface area contributed by atoms with Crippen molar-refractivity contribution in [1.29, 1.82) is 0 Å². The normalized spacial score (nSPS) is 44.1. The van der Waals surface area contributed by atoms with Gasteiger partial charge in [-0.25, -0.2) is 0 Å². The molecule has 4 atom stereocenters. The van der Waals surface area contributed by atoms with E-state index in [2.05, 4.69) is 5.32 Å². The Kier molecular flexibility index (Phi) is 3.10. The van der Waals surface area contributed by atoms with Crippen LogP contribution in [0.1, 0.15) is 51.4 Å². The molecule has 0 aromatic heterocycles. The highest BCUT2D eigenvalue weighted by atomic mass is 16.2. The fourth-order valence-corrected chi connectivity index (χ4v) is 5.82. The standard InChI is InChI=1S/C17H28N2O/c18-9-17(6-2-1-3-7-17)10-19-16(20)15-13-11-4-5-12(8-11)14(13)15/h11-15H,1-10,18H2,(H,19,20). The van der Waals surface area contributed by atoms with Crippen molar-refractivity contribution in [1.82, 2.24) is 5.32 Å². The second kappa shape index (κ2) is 4.72. The fourth-order valence-electron chi connectivity index (χ4n) is 5.82. The van der Waals surface area contributed by atoms with Crippen molar-refractivity contribution in [2.75, 3.05) is 13.1 Å². The first kappa shape index (κ1) is 13.1. The summed E-state index contributed by atoms with van der Waals surface area (Å²) < 4.78 is 0. The molecule has 0 aromatic carbocycles. The third-order valence-corrected chi connectivity index (χ3v) is 7.02. The lowest BCUT2D eigenvalue weighted by Gasteiger charge is -2.36. The van der Waals surface area contributed by atoms with Crippen LogP contribution in [0.15, 0.2) is 0 Å². The third kappa shape index (κ3) is 1.93. The van der Waals surface area contributed by atoms with Crippen molar-refractivity contribution in [3.63, 3.8) is 0 Å². The summed E-state index contributed by atoms with van der Waals surface area (Å²) in [6.07, 6.45) is 10.5. The molecule has 112 valence electrons. The average Bonchev–Trinajstić information content (AvgIpc) is 2.94.